The molecule has 0 radical (unpaired) electrons. The van der Waals surface area contributed by atoms with E-state index in [0.29, 0.717) is 0 Å². The minimum atomic E-state index is 0. The molecule has 0 unspecified atom stereocenters. The van der Waals surface area contributed by atoms with Gasteiger partial charge in [-0.15, -0.1) is 0 Å². The molecule has 0 aromatic rings. The van der Waals surface area contributed by atoms with Crippen LogP contribution in [0.1, 0.15) is 110 Å². The Labute approximate surface area is 145 Å². The fourth-order valence-corrected chi connectivity index (χ4v) is 2.54. The van der Waals surface area contributed by atoms with Gasteiger partial charge in [-0.25, -0.2) is 0 Å². The summed E-state index contributed by atoms with van der Waals surface area (Å²) in [4.78, 5) is 0. The van der Waals surface area contributed by atoms with Crippen molar-refractivity contribution < 1.29 is 29.6 Å². The van der Waals surface area contributed by atoms with Gasteiger partial charge >= 0.3 is 29.6 Å². The number of hydrogen-bond donors (Lipinski definition) is 0. The summed E-state index contributed by atoms with van der Waals surface area (Å²) in [7, 11) is 0. The van der Waals surface area contributed by atoms with Crippen molar-refractivity contribution in [1.29, 1.82) is 0 Å². The van der Waals surface area contributed by atoms with Crippen LogP contribution in [0, 0.1) is 6.42 Å². The van der Waals surface area contributed by atoms with Crippen molar-refractivity contribution in [2.45, 2.75) is 110 Å². The van der Waals surface area contributed by atoms with E-state index in [0.717, 1.165) is 0 Å². The molecule has 0 heterocycles. The molecule has 0 aliphatic rings. The van der Waals surface area contributed by atoms with Gasteiger partial charge in [-0.1, -0.05) is 96.8 Å². The summed E-state index contributed by atoms with van der Waals surface area (Å²) in [5.74, 6) is 0. The van der Waals surface area contributed by atoms with E-state index in [1.165, 1.54) is 96.3 Å². The van der Waals surface area contributed by atoms with E-state index in [9.17, 15) is 0 Å². The molecule has 0 fully saturated rings. The summed E-state index contributed by atoms with van der Waals surface area (Å²) in [5, 5.41) is 0. The van der Waals surface area contributed by atoms with E-state index in [2.05, 4.69) is 20.3 Å². The Morgan fingerprint density at radius 1 is 0.526 bits per heavy atom. The normalized spacial score (nSPS) is 10.4. The standard InChI is InChI=1S/C18H37.Na/c1-3-5-7-9-11-13-15-17-18-16-14-12-10-8-6-4-2;/h3H,4-18H2,1-2H3;/q-1;+1. The van der Waals surface area contributed by atoms with Gasteiger partial charge in [-0.3, -0.25) is 0 Å². The molecule has 0 atom stereocenters. The topological polar surface area (TPSA) is 0 Å². The Hall–Kier alpha value is 1.00. The molecule has 0 rings (SSSR count). The average Bonchev–Trinajstić information content (AvgIpc) is 2.39. The van der Waals surface area contributed by atoms with Crippen LogP contribution in [-0.2, 0) is 0 Å². The van der Waals surface area contributed by atoms with Gasteiger partial charge in [0.1, 0.15) is 0 Å². The summed E-state index contributed by atoms with van der Waals surface area (Å²) in [6.45, 7) is 4.46. The number of rotatable bonds is 15. The van der Waals surface area contributed by atoms with Gasteiger partial charge in [-0.2, -0.15) is 13.3 Å². The zero-order valence-electron chi connectivity index (χ0n) is 14.2. The van der Waals surface area contributed by atoms with Crippen molar-refractivity contribution in [2.24, 2.45) is 0 Å². The van der Waals surface area contributed by atoms with Crippen molar-refractivity contribution in [3.8, 4) is 0 Å². The van der Waals surface area contributed by atoms with Crippen molar-refractivity contribution in [3.05, 3.63) is 6.42 Å². The van der Waals surface area contributed by atoms with E-state index < -0.39 is 0 Å². The molecule has 0 nitrogen and oxygen atoms in total. The van der Waals surface area contributed by atoms with Gasteiger partial charge in [-0.05, 0) is 0 Å². The molecular formula is C18H37Na. The molecular weight excluding hydrogens is 239 g/mol. The smallest absolute Gasteiger partial charge is 0.332 e. The van der Waals surface area contributed by atoms with Crippen molar-refractivity contribution >= 4 is 0 Å². The molecule has 0 spiro atoms. The van der Waals surface area contributed by atoms with E-state index in [1.807, 2.05) is 0 Å². The SMILES string of the molecule is C[CH-]CCCCCCCCCCCCCCCC.[Na+]. The maximum atomic E-state index is 2.29. The summed E-state index contributed by atoms with van der Waals surface area (Å²) in [6.07, 6.45) is 24.0. The molecule has 0 aliphatic heterocycles. The molecule has 110 valence electrons. The molecule has 0 aliphatic carbocycles. The van der Waals surface area contributed by atoms with Crippen LogP contribution < -0.4 is 29.6 Å². The average molecular weight is 276 g/mol. The Bertz CT molecular complexity index is 118. The zero-order chi connectivity index (χ0) is 13.3. The Balaban J connectivity index is 0. The van der Waals surface area contributed by atoms with Crippen LogP contribution >= 0.6 is 0 Å². The molecule has 0 bridgehead atoms. The first kappa shape index (κ1) is 22.3. The fourth-order valence-electron chi connectivity index (χ4n) is 2.54. The van der Waals surface area contributed by atoms with Crippen molar-refractivity contribution in [3.63, 3.8) is 0 Å². The maximum Gasteiger partial charge on any atom is 1.00 e. The maximum absolute atomic E-state index is 2.29. The summed E-state index contributed by atoms with van der Waals surface area (Å²) < 4.78 is 0. The Kier molecular flexibility index (Phi) is 25.0. The molecule has 1 heteroatoms. The number of unbranched alkanes of at least 4 members (excludes halogenated alkanes) is 15. The van der Waals surface area contributed by atoms with Crippen LogP contribution in [0.15, 0.2) is 0 Å². The van der Waals surface area contributed by atoms with Crippen LogP contribution in [0.2, 0.25) is 0 Å². The Morgan fingerprint density at radius 2 is 0.842 bits per heavy atom. The van der Waals surface area contributed by atoms with Crippen LogP contribution in [0.25, 0.3) is 0 Å². The second-order valence-electron chi connectivity index (χ2n) is 5.79. The second kappa shape index (κ2) is 21.3. The van der Waals surface area contributed by atoms with Crippen LogP contribution in [0.5, 0.6) is 0 Å². The van der Waals surface area contributed by atoms with Crippen molar-refractivity contribution in [2.75, 3.05) is 0 Å². The second-order valence-corrected chi connectivity index (χ2v) is 5.79. The molecule has 0 saturated heterocycles. The number of hydrogen-bond acceptors (Lipinski definition) is 0. The summed E-state index contributed by atoms with van der Waals surface area (Å²) >= 11 is 0. The molecule has 0 amide bonds. The summed E-state index contributed by atoms with van der Waals surface area (Å²) in [5.41, 5.74) is 0. The van der Waals surface area contributed by atoms with Crippen molar-refractivity contribution in [1.82, 2.24) is 0 Å². The van der Waals surface area contributed by atoms with Gasteiger partial charge < -0.3 is 6.42 Å². The van der Waals surface area contributed by atoms with E-state index >= 15 is 0 Å². The van der Waals surface area contributed by atoms with Crippen LogP contribution in [-0.4, -0.2) is 0 Å². The zero-order valence-corrected chi connectivity index (χ0v) is 16.2. The molecule has 0 aromatic heterocycles. The first-order chi connectivity index (χ1) is 8.91. The molecule has 0 saturated carbocycles. The molecule has 0 N–H and O–H groups in total. The van der Waals surface area contributed by atoms with E-state index in [-0.39, 0.29) is 29.6 Å². The monoisotopic (exact) mass is 276 g/mol. The van der Waals surface area contributed by atoms with Gasteiger partial charge in [0.05, 0.1) is 0 Å². The van der Waals surface area contributed by atoms with E-state index in [4.69, 9.17) is 0 Å². The van der Waals surface area contributed by atoms with Crippen LogP contribution in [0.4, 0.5) is 0 Å². The minimum Gasteiger partial charge on any atom is -0.332 e. The predicted octanol–water partition coefficient (Wildman–Crippen LogP) is 4.09. The quantitative estimate of drug-likeness (QED) is 0.240. The third kappa shape index (κ3) is 21.4. The third-order valence-corrected chi connectivity index (χ3v) is 3.85. The Morgan fingerprint density at radius 3 is 1.16 bits per heavy atom. The van der Waals surface area contributed by atoms with Gasteiger partial charge in [0.15, 0.2) is 0 Å². The predicted molar refractivity (Wildman–Crippen MR) is 84.9 cm³/mol. The van der Waals surface area contributed by atoms with Crippen LogP contribution in [0.3, 0.4) is 0 Å². The minimum absolute atomic E-state index is 0. The molecule has 0 aromatic carbocycles. The summed E-state index contributed by atoms with van der Waals surface area (Å²) in [6, 6.07) is 0. The fraction of sp³-hybridized carbons (Fsp3) is 0.944. The first-order valence-electron chi connectivity index (χ1n) is 8.69. The van der Waals surface area contributed by atoms with E-state index in [1.54, 1.807) is 0 Å². The third-order valence-electron chi connectivity index (χ3n) is 3.85. The van der Waals surface area contributed by atoms with Gasteiger partial charge in [0.2, 0.25) is 0 Å². The van der Waals surface area contributed by atoms with Gasteiger partial charge in [0.25, 0.3) is 0 Å². The first-order valence-corrected chi connectivity index (χ1v) is 8.69. The van der Waals surface area contributed by atoms with Gasteiger partial charge in [0, 0.05) is 0 Å². The molecule has 19 heavy (non-hydrogen) atoms. The largest absolute Gasteiger partial charge is 1.00 e.